The highest BCUT2D eigenvalue weighted by Gasteiger charge is 2.17. The predicted molar refractivity (Wildman–Crippen MR) is 80.6 cm³/mol. The van der Waals surface area contributed by atoms with Crippen LogP contribution in [0.4, 0.5) is 5.69 Å². The van der Waals surface area contributed by atoms with Crippen LogP contribution in [0.15, 0.2) is 35.5 Å². The molecule has 3 rings (SSSR count). The Kier molecular flexibility index (Phi) is 4.02. The smallest absolute Gasteiger partial charge is 0.258 e. The molecule has 12 heteroatoms. The number of nitro groups is 1. The maximum atomic E-state index is 12.1. The lowest BCUT2D eigenvalue weighted by atomic mass is 10.3. The van der Waals surface area contributed by atoms with E-state index in [1.54, 1.807) is 0 Å². The molecule has 1 aromatic carbocycles. The van der Waals surface area contributed by atoms with E-state index in [2.05, 4.69) is 20.0 Å². The lowest BCUT2D eigenvalue weighted by Crippen LogP contribution is -2.26. The number of non-ortho nitro benzene ring substituents is 1. The van der Waals surface area contributed by atoms with Gasteiger partial charge >= 0.3 is 0 Å². The van der Waals surface area contributed by atoms with Crippen LogP contribution in [0, 0.1) is 10.1 Å². The molecule has 0 spiro atoms. The van der Waals surface area contributed by atoms with Crippen molar-refractivity contribution in [1.29, 1.82) is 0 Å². The minimum absolute atomic E-state index is 0.120. The van der Waals surface area contributed by atoms with Gasteiger partial charge in [0.05, 0.1) is 9.82 Å². The zero-order valence-electron chi connectivity index (χ0n) is 11.5. The van der Waals surface area contributed by atoms with Gasteiger partial charge in [-0.15, -0.1) is 10.2 Å². The lowest BCUT2D eigenvalue weighted by molar-refractivity contribution is -0.385. The normalized spacial score (nSPS) is 11.8. The predicted octanol–water partition coefficient (Wildman–Crippen LogP) is 0.615. The van der Waals surface area contributed by atoms with Crippen molar-refractivity contribution in [3.63, 3.8) is 0 Å². The van der Waals surface area contributed by atoms with Gasteiger partial charge < -0.3 is 0 Å². The van der Waals surface area contributed by atoms with E-state index in [4.69, 9.17) is 0 Å². The van der Waals surface area contributed by atoms with Crippen LogP contribution in [0.2, 0.25) is 0 Å². The number of sulfonamides is 1. The Morgan fingerprint density at radius 1 is 1.39 bits per heavy atom. The first kappa shape index (κ1) is 15.5. The number of nitro benzene ring substituents is 1. The number of benzene rings is 1. The first-order chi connectivity index (χ1) is 11.0. The van der Waals surface area contributed by atoms with Gasteiger partial charge in [-0.25, -0.2) is 13.1 Å². The second kappa shape index (κ2) is 5.98. The molecule has 10 nitrogen and oxygen atoms in total. The van der Waals surface area contributed by atoms with Crippen molar-refractivity contribution in [2.24, 2.45) is 0 Å². The summed E-state index contributed by atoms with van der Waals surface area (Å²) in [5, 5.41) is 23.1. The van der Waals surface area contributed by atoms with E-state index >= 15 is 0 Å². The highest BCUT2D eigenvalue weighted by molar-refractivity contribution is 7.89. The van der Waals surface area contributed by atoms with E-state index in [1.165, 1.54) is 40.4 Å². The van der Waals surface area contributed by atoms with E-state index < -0.39 is 14.9 Å². The molecule has 0 bridgehead atoms. The molecule has 0 amide bonds. The Morgan fingerprint density at radius 2 is 2.22 bits per heavy atom. The molecule has 0 aliphatic carbocycles. The molecular weight excluding hydrogens is 344 g/mol. The maximum Gasteiger partial charge on any atom is 0.270 e. The van der Waals surface area contributed by atoms with Crippen molar-refractivity contribution in [2.75, 3.05) is 6.54 Å². The molecular formula is C11H10N6O4S2. The van der Waals surface area contributed by atoms with Gasteiger partial charge in [0.15, 0.2) is 0 Å². The van der Waals surface area contributed by atoms with Gasteiger partial charge in [-0.2, -0.15) is 9.61 Å². The van der Waals surface area contributed by atoms with Gasteiger partial charge in [0, 0.05) is 25.1 Å². The first-order valence-electron chi connectivity index (χ1n) is 6.35. The summed E-state index contributed by atoms with van der Waals surface area (Å²) in [5.74, 6) is 0. The van der Waals surface area contributed by atoms with Gasteiger partial charge in [-0.1, -0.05) is 17.4 Å². The van der Waals surface area contributed by atoms with Crippen molar-refractivity contribution in [1.82, 2.24) is 24.5 Å². The average molecular weight is 354 g/mol. The fraction of sp³-hybridized carbons (Fsp3) is 0.182. The molecule has 0 saturated heterocycles. The lowest BCUT2D eigenvalue weighted by Gasteiger charge is -2.05. The molecule has 0 unspecified atom stereocenters. The standard InChI is InChI=1S/C11H10N6O4S2/c18-17(19)8-2-1-3-9(6-8)23(20,21)13-5-4-10-15-16-7-12-14-11(16)22-10/h1-3,6-7,13H,4-5H2. The largest absolute Gasteiger partial charge is 0.270 e. The van der Waals surface area contributed by atoms with Crippen molar-refractivity contribution < 1.29 is 13.3 Å². The van der Waals surface area contributed by atoms with Gasteiger partial charge in [0.1, 0.15) is 11.3 Å². The summed E-state index contributed by atoms with van der Waals surface area (Å²) in [5.41, 5.74) is -0.276. The number of aromatic nitrogens is 4. The van der Waals surface area contributed by atoms with Crippen molar-refractivity contribution in [3.05, 3.63) is 45.7 Å². The number of nitrogens with one attached hydrogen (secondary N) is 1. The zero-order valence-corrected chi connectivity index (χ0v) is 13.1. The van der Waals surface area contributed by atoms with Crippen LogP contribution in [0.5, 0.6) is 0 Å². The minimum Gasteiger partial charge on any atom is -0.258 e. The number of rotatable bonds is 6. The van der Waals surface area contributed by atoms with Crippen molar-refractivity contribution in [3.8, 4) is 0 Å². The van der Waals surface area contributed by atoms with Crippen LogP contribution in [-0.4, -0.2) is 39.7 Å². The first-order valence-corrected chi connectivity index (χ1v) is 8.65. The number of hydrogen-bond acceptors (Lipinski definition) is 8. The van der Waals surface area contributed by atoms with Crippen LogP contribution >= 0.6 is 11.3 Å². The second-order valence-electron chi connectivity index (χ2n) is 4.46. The SMILES string of the molecule is O=[N+]([O-])c1cccc(S(=O)(=O)NCCc2nn3cnnc3s2)c1. The fourth-order valence-electron chi connectivity index (χ4n) is 1.84. The van der Waals surface area contributed by atoms with Crippen molar-refractivity contribution in [2.45, 2.75) is 11.3 Å². The molecule has 0 atom stereocenters. The summed E-state index contributed by atoms with van der Waals surface area (Å²) < 4.78 is 28.2. The van der Waals surface area contributed by atoms with Crippen molar-refractivity contribution >= 4 is 32.0 Å². The fourth-order valence-corrected chi connectivity index (χ4v) is 3.73. The Bertz CT molecular complexity index is 935. The van der Waals surface area contributed by atoms with E-state index in [0.29, 0.717) is 16.4 Å². The summed E-state index contributed by atoms with van der Waals surface area (Å²) >= 11 is 1.31. The van der Waals surface area contributed by atoms with E-state index in [-0.39, 0.29) is 17.1 Å². The highest BCUT2D eigenvalue weighted by Crippen LogP contribution is 2.17. The molecule has 0 radical (unpaired) electrons. The zero-order chi connectivity index (χ0) is 16.4. The summed E-state index contributed by atoms with van der Waals surface area (Å²) in [6.45, 7) is 0.120. The number of hydrogen-bond donors (Lipinski definition) is 1. The molecule has 2 heterocycles. The molecule has 3 aromatic rings. The summed E-state index contributed by atoms with van der Waals surface area (Å²) in [7, 11) is -3.82. The number of fused-ring (bicyclic) bond motifs is 1. The third-order valence-corrected chi connectivity index (χ3v) is 5.33. The maximum absolute atomic E-state index is 12.1. The topological polar surface area (TPSA) is 132 Å². The Balaban J connectivity index is 1.67. The van der Waals surface area contributed by atoms with E-state index in [1.807, 2.05) is 0 Å². The van der Waals surface area contributed by atoms with Crippen LogP contribution < -0.4 is 4.72 Å². The third-order valence-electron chi connectivity index (χ3n) is 2.90. The van der Waals surface area contributed by atoms with Gasteiger partial charge in [0.2, 0.25) is 15.0 Å². The van der Waals surface area contributed by atoms with Crippen LogP contribution in [0.25, 0.3) is 4.96 Å². The molecule has 23 heavy (non-hydrogen) atoms. The Morgan fingerprint density at radius 3 is 2.96 bits per heavy atom. The van der Waals surface area contributed by atoms with Gasteiger partial charge in [-0.3, -0.25) is 10.1 Å². The van der Waals surface area contributed by atoms with Crippen LogP contribution in [-0.2, 0) is 16.4 Å². The minimum atomic E-state index is -3.82. The molecule has 120 valence electrons. The second-order valence-corrected chi connectivity index (χ2v) is 7.26. The molecule has 0 aliphatic rings. The summed E-state index contributed by atoms with van der Waals surface area (Å²) in [6.07, 6.45) is 1.84. The monoisotopic (exact) mass is 354 g/mol. The highest BCUT2D eigenvalue weighted by atomic mass is 32.2. The summed E-state index contributed by atoms with van der Waals surface area (Å²) in [4.78, 5) is 10.5. The van der Waals surface area contributed by atoms with E-state index in [9.17, 15) is 18.5 Å². The molecule has 0 fully saturated rings. The quantitative estimate of drug-likeness (QED) is 0.506. The molecule has 0 saturated carbocycles. The molecule has 1 N–H and O–H groups in total. The third kappa shape index (κ3) is 3.33. The van der Waals surface area contributed by atoms with E-state index in [0.717, 1.165) is 6.07 Å². The Labute approximate surface area is 134 Å². The van der Waals surface area contributed by atoms with Gasteiger partial charge in [-0.05, 0) is 6.07 Å². The Hall–Kier alpha value is -2.44. The summed E-state index contributed by atoms with van der Waals surface area (Å²) in [6, 6.07) is 4.89. The van der Waals surface area contributed by atoms with Crippen LogP contribution in [0.1, 0.15) is 5.01 Å². The molecule has 0 aliphatic heterocycles. The average Bonchev–Trinajstić information content (AvgIpc) is 3.08. The molecule has 2 aromatic heterocycles. The van der Waals surface area contributed by atoms with Gasteiger partial charge in [0.25, 0.3) is 5.69 Å². The number of nitrogens with zero attached hydrogens (tertiary/aromatic N) is 5. The van der Waals surface area contributed by atoms with Crippen LogP contribution in [0.3, 0.4) is 0 Å².